The van der Waals surface area contributed by atoms with Crippen LogP contribution >= 0.6 is 0 Å². The van der Waals surface area contributed by atoms with Gasteiger partial charge in [0, 0.05) is 13.1 Å². The summed E-state index contributed by atoms with van der Waals surface area (Å²) >= 11 is 0. The minimum Gasteiger partial charge on any atom is -0.351 e. The van der Waals surface area contributed by atoms with Crippen molar-refractivity contribution in [1.29, 1.82) is 0 Å². The van der Waals surface area contributed by atoms with E-state index in [4.69, 9.17) is 0 Å². The molecule has 32 heavy (non-hydrogen) atoms. The SMILES string of the molecule is O=C(NCc1cccc(CNC(=O)C2(c3ccccc3)CC2)c1)C1(c2ccccc2)CC1. The van der Waals surface area contributed by atoms with Gasteiger partial charge < -0.3 is 10.6 Å². The maximum atomic E-state index is 12.9. The normalized spacial score (nSPS) is 17.2. The summed E-state index contributed by atoms with van der Waals surface area (Å²) in [6, 6.07) is 28.1. The quantitative estimate of drug-likeness (QED) is 0.564. The van der Waals surface area contributed by atoms with Gasteiger partial charge in [0.15, 0.2) is 0 Å². The maximum absolute atomic E-state index is 12.9. The van der Waals surface area contributed by atoms with Gasteiger partial charge in [0.25, 0.3) is 0 Å². The molecule has 2 fully saturated rings. The highest BCUT2D eigenvalue weighted by Crippen LogP contribution is 2.49. The molecule has 4 nitrogen and oxygen atoms in total. The first-order valence-corrected chi connectivity index (χ1v) is 11.4. The van der Waals surface area contributed by atoms with E-state index in [0.717, 1.165) is 47.9 Å². The average Bonchev–Trinajstić information content (AvgIpc) is 3.77. The van der Waals surface area contributed by atoms with Gasteiger partial charge in [-0.1, -0.05) is 84.9 Å². The number of hydrogen-bond donors (Lipinski definition) is 2. The van der Waals surface area contributed by atoms with Crippen LogP contribution in [0.3, 0.4) is 0 Å². The maximum Gasteiger partial charge on any atom is 0.230 e. The van der Waals surface area contributed by atoms with Crippen LogP contribution in [0.2, 0.25) is 0 Å². The monoisotopic (exact) mass is 424 g/mol. The van der Waals surface area contributed by atoms with Crippen molar-refractivity contribution in [2.75, 3.05) is 0 Å². The number of carbonyl (C=O) groups is 2. The summed E-state index contributed by atoms with van der Waals surface area (Å²) in [4.78, 5) is 25.8. The molecule has 5 rings (SSSR count). The second-order valence-electron chi connectivity index (χ2n) is 9.08. The van der Waals surface area contributed by atoms with Crippen molar-refractivity contribution >= 4 is 11.8 Å². The Morgan fingerprint density at radius 1 is 0.594 bits per heavy atom. The third kappa shape index (κ3) is 3.93. The van der Waals surface area contributed by atoms with Crippen LogP contribution in [0.4, 0.5) is 0 Å². The highest BCUT2D eigenvalue weighted by molar-refractivity contribution is 5.91. The van der Waals surface area contributed by atoms with E-state index >= 15 is 0 Å². The molecule has 162 valence electrons. The third-order valence-electron chi connectivity index (χ3n) is 6.92. The van der Waals surface area contributed by atoms with E-state index in [0.29, 0.717) is 13.1 Å². The van der Waals surface area contributed by atoms with Gasteiger partial charge in [-0.3, -0.25) is 9.59 Å². The highest BCUT2D eigenvalue weighted by atomic mass is 16.2. The van der Waals surface area contributed by atoms with E-state index < -0.39 is 0 Å². The van der Waals surface area contributed by atoms with Gasteiger partial charge in [0.2, 0.25) is 11.8 Å². The Hall–Kier alpha value is -3.40. The Labute approximate surface area is 189 Å². The van der Waals surface area contributed by atoms with Gasteiger partial charge in [-0.2, -0.15) is 0 Å². The molecule has 2 saturated carbocycles. The van der Waals surface area contributed by atoms with E-state index in [1.165, 1.54) is 0 Å². The van der Waals surface area contributed by atoms with Crippen molar-refractivity contribution in [3.8, 4) is 0 Å². The Bertz CT molecular complexity index is 1030. The van der Waals surface area contributed by atoms with Crippen LogP contribution in [0.1, 0.15) is 47.9 Å². The summed E-state index contributed by atoms with van der Waals surface area (Å²) in [5, 5.41) is 6.24. The van der Waals surface area contributed by atoms with Gasteiger partial charge in [-0.25, -0.2) is 0 Å². The van der Waals surface area contributed by atoms with E-state index in [9.17, 15) is 9.59 Å². The standard InChI is InChI=1S/C28H28N2O2/c31-25(27(14-15-27)23-10-3-1-4-11-23)29-19-21-8-7-9-22(18-21)20-30-26(32)28(16-17-28)24-12-5-2-6-13-24/h1-13,18H,14-17,19-20H2,(H,29,31)(H,30,32). The fraction of sp³-hybridized carbons (Fsp3) is 0.286. The molecule has 0 saturated heterocycles. The van der Waals surface area contributed by atoms with Crippen molar-refractivity contribution in [2.24, 2.45) is 0 Å². The van der Waals surface area contributed by atoms with Crippen molar-refractivity contribution < 1.29 is 9.59 Å². The molecule has 0 unspecified atom stereocenters. The molecule has 3 aromatic carbocycles. The number of amides is 2. The lowest BCUT2D eigenvalue weighted by Gasteiger charge is -2.17. The lowest BCUT2D eigenvalue weighted by Crippen LogP contribution is -2.34. The predicted molar refractivity (Wildman–Crippen MR) is 125 cm³/mol. The number of benzene rings is 3. The van der Waals surface area contributed by atoms with Crippen molar-refractivity contribution in [1.82, 2.24) is 10.6 Å². The Morgan fingerprint density at radius 3 is 1.38 bits per heavy atom. The summed E-state index contributed by atoms with van der Waals surface area (Å²) in [7, 11) is 0. The average molecular weight is 425 g/mol. The third-order valence-corrected chi connectivity index (χ3v) is 6.92. The van der Waals surface area contributed by atoms with Crippen LogP contribution in [0, 0.1) is 0 Å². The summed E-state index contributed by atoms with van der Waals surface area (Å²) in [5.74, 6) is 0.196. The second-order valence-corrected chi connectivity index (χ2v) is 9.08. The van der Waals surface area contributed by atoms with Crippen molar-refractivity contribution in [2.45, 2.75) is 49.6 Å². The predicted octanol–water partition coefficient (Wildman–Crippen LogP) is 4.38. The smallest absolute Gasteiger partial charge is 0.230 e. The fourth-order valence-corrected chi connectivity index (χ4v) is 4.61. The number of hydrogen-bond acceptors (Lipinski definition) is 2. The fourth-order valence-electron chi connectivity index (χ4n) is 4.61. The molecule has 0 radical (unpaired) electrons. The Balaban J connectivity index is 1.18. The van der Waals surface area contributed by atoms with Crippen LogP contribution < -0.4 is 10.6 Å². The lowest BCUT2D eigenvalue weighted by molar-refractivity contribution is -0.124. The van der Waals surface area contributed by atoms with E-state index in [1.807, 2.05) is 78.9 Å². The van der Waals surface area contributed by atoms with Gasteiger partial charge in [0.1, 0.15) is 0 Å². The first-order chi connectivity index (χ1) is 15.6. The Morgan fingerprint density at radius 2 is 1.00 bits per heavy atom. The minimum absolute atomic E-state index is 0.0981. The number of nitrogens with one attached hydrogen (secondary N) is 2. The number of carbonyl (C=O) groups excluding carboxylic acids is 2. The molecule has 0 bridgehead atoms. The molecule has 0 spiro atoms. The second kappa shape index (κ2) is 8.27. The van der Waals surface area contributed by atoms with Crippen LogP contribution in [0.5, 0.6) is 0 Å². The molecule has 0 aromatic heterocycles. The van der Waals surface area contributed by atoms with Crippen molar-refractivity contribution in [3.05, 3.63) is 107 Å². The first-order valence-electron chi connectivity index (χ1n) is 11.4. The molecular formula is C28H28N2O2. The highest BCUT2D eigenvalue weighted by Gasteiger charge is 2.51. The molecule has 2 N–H and O–H groups in total. The summed E-state index contributed by atoms with van der Waals surface area (Å²) in [6.45, 7) is 0.978. The molecule has 2 aliphatic rings. The van der Waals surface area contributed by atoms with Gasteiger partial charge in [-0.15, -0.1) is 0 Å². The van der Waals surface area contributed by atoms with Crippen molar-refractivity contribution in [3.63, 3.8) is 0 Å². The molecular weight excluding hydrogens is 396 g/mol. The van der Waals surface area contributed by atoms with Gasteiger partial charge in [0.05, 0.1) is 10.8 Å². The molecule has 0 aliphatic heterocycles. The van der Waals surface area contributed by atoms with Gasteiger partial charge in [-0.05, 0) is 47.9 Å². The van der Waals surface area contributed by atoms with E-state index in [1.54, 1.807) is 0 Å². The molecule has 2 aliphatic carbocycles. The summed E-state index contributed by atoms with van der Waals surface area (Å²) < 4.78 is 0. The van der Waals surface area contributed by atoms with Crippen LogP contribution in [0.25, 0.3) is 0 Å². The lowest BCUT2D eigenvalue weighted by atomic mass is 9.95. The van der Waals surface area contributed by atoms with Gasteiger partial charge >= 0.3 is 0 Å². The Kier molecular flexibility index (Phi) is 5.30. The summed E-state index contributed by atoms with van der Waals surface area (Å²) in [6.07, 6.45) is 3.60. The zero-order valence-electron chi connectivity index (χ0n) is 18.1. The zero-order valence-corrected chi connectivity index (χ0v) is 18.1. The van der Waals surface area contributed by atoms with Crippen LogP contribution in [0.15, 0.2) is 84.9 Å². The molecule has 3 aromatic rings. The van der Waals surface area contributed by atoms with Crippen LogP contribution in [-0.4, -0.2) is 11.8 Å². The topological polar surface area (TPSA) is 58.2 Å². The largest absolute Gasteiger partial charge is 0.351 e. The zero-order chi connectivity index (χ0) is 22.0. The molecule has 0 heterocycles. The molecule has 0 atom stereocenters. The minimum atomic E-state index is -0.358. The first kappa shape index (κ1) is 20.5. The molecule has 2 amide bonds. The molecule has 4 heteroatoms. The van der Waals surface area contributed by atoms with E-state index in [-0.39, 0.29) is 22.6 Å². The number of rotatable bonds is 8. The van der Waals surface area contributed by atoms with E-state index in [2.05, 4.69) is 16.7 Å². The summed E-state index contributed by atoms with van der Waals surface area (Å²) in [5.41, 5.74) is 3.56. The van der Waals surface area contributed by atoms with Crippen LogP contribution in [-0.2, 0) is 33.5 Å².